The number of fused-ring (bicyclic) bond motifs is 1. The van der Waals surface area contributed by atoms with Crippen molar-refractivity contribution < 1.29 is 8.78 Å². The zero-order valence-electron chi connectivity index (χ0n) is 14.0. The third kappa shape index (κ3) is 3.18. The molecule has 3 heterocycles. The van der Waals surface area contributed by atoms with Crippen LogP contribution in [0, 0.1) is 11.6 Å². The first-order chi connectivity index (χ1) is 12.6. The van der Waals surface area contributed by atoms with E-state index < -0.39 is 11.6 Å². The highest BCUT2D eigenvalue weighted by molar-refractivity contribution is 5.62. The fraction of sp³-hybridized carbons (Fsp3) is 0.150. The minimum atomic E-state index is -0.609. The van der Waals surface area contributed by atoms with Crippen molar-refractivity contribution in [2.45, 2.75) is 13.0 Å². The Kier molecular flexibility index (Phi) is 4.16. The van der Waals surface area contributed by atoms with Crippen LogP contribution in [0.3, 0.4) is 0 Å². The van der Waals surface area contributed by atoms with Crippen LogP contribution in [0.4, 0.5) is 8.78 Å². The molecule has 0 radical (unpaired) electrons. The molecule has 1 aliphatic rings. The lowest BCUT2D eigenvalue weighted by molar-refractivity contribution is 0.368. The Morgan fingerprint density at radius 1 is 1.08 bits per heavy atom. The summed E-state index contributed by atoms with van der Waals surface area (Å²) in [6, 6.07) is 9.06. The van der Waals surface area contributed by atoms with Crippen LogP contribution in [0.15, 0.2) is 55.4 Å². The number of rotatable bonds is 3. The predicted molar refractivity (Wildman–Crippen MR) is 94.8 cm³/mol. The molecule has 0 unspecified atom stereocenters. The number of benzene rings is 1. The Morgan fingerprint density at radius 2 is 1.88 bits per heavy atom. The predicted octanol–water partition coefficient (Wildman–Crippen LogP) is 3.85. The van der Waals surface area contributed by atoms with Gasteiger partial charge >= 0.3 is 0 Å². The molecule has 0 aliphatic carbocycles. The summed E-state index contributed by atoms with van der Waals surface area (Å²) in [5, 5.41) is 0. The van der Waals surface area contributed by atoms with Crippen LogP contribution in [-0.4, -0.2) is 26.4 Å². The first-order valence-corrected chi connectivity index (χ1v) is 8.26. The second-order valence-corrected chi connectivity index (χ2v) is 6.16. The van der Waals surface area contributed by atoms with Gasteiger partial charge in [-0.2, -0.15) is 0 Å². The number of aromatic nitrogens is 3. The molecule has 4 rings (SSSR count). The Balaban J connectivity index is 1.57. The summed E-state index contributed by atoms with van der Waals surface area (Å²) >= 11 is 0. The fourth-order valence-electron chi connectivity index (χ4n) is 3.07. The van der Waals surface area contributed by atoms with E-state index in [0.29, 0.717) is 36.6 Å². The minimum absolute atomic E-state index is 0.442. The summed E-state index contributed by atoms with van der Waals surface area (Å²) in [6.45, 7) is 5.23. The molecule has 0 saturated carbocycles. The molecule has 0 saturated heterocycles. The van der Waals surface area contributed by atoms with Crippen LogP contribution < -0.4 is 0 Å². The zero-order valence-corrected chi connectivity index (χ0v) is 14.0. The van der Waals surface area contributed by atoms with Gasteiger partial charge in [-0.15, -0.1) is 0 Å². The van der Waals surface area contributed by atoms with Gasteiger partial charge in [-0.3, -0.25) is 4.98 Å². The Morgan fingerprint density at radius 3 is 2.62 bits per heavy atom. The second-order valence-electron chi connectivity index (χ2n) is 6.16. The molecule has 130 valence electrons. The lowest BCUT2D eigenvalue weighted by Gasteiger charge is -2.31. The van der Waals surface area contributed by atoms with Gasteiger partial charge < -0.3 is 4.90 Å². The summed E-state index contributed by atoms with van der Waals surface area (Å²) < 4.78 is 26.9. The number of hydrogen-bond acceptors (Lipinski definition) is 4. The molecule has 6 heteroatoms. The Labute approximate surface area is 149 Å². The van der Waals surface area contributed by atoms with E-state index in [4.69, 9.17) is 0 Å². The summed E-state index contributed by atoms with van der Waals surface area (Å²) in [7, 11) is 0. The van der Waals surface area contributed by atoms with E-state index in [0.717, 1.165) is 23.0 Å². The van der Waals surface area contributed by atoms with E-state index in [1.807, 2.05) is 23.1 Å². The molecule has 3 aromatic rings. The van der Waals surface area contributed by atoms with Gasteiger partial charge in [0.25, 0.3) is 0 Å². The molecule has 0 fully saturated rings. The first-order valence-electron chi connectivity index (χ1n) is 8.26. The van der Waals surface area contributed by atoms with Crippen molar-refractivity contribution in [3.8, 4) is 11.5 Å². The van der Waals surface area contributed by atoms with Crippen LogP contribution in [0.2, 0.25) is 0 Å². The molecule has 26 heavy (non-hydrogen) atoms. The van der Waals surface area contributed by atoms with Crippen molar-refractivity contribution in [1.82, 2.24) is 19.9 Å². The molecule has 4 nitrogen and oxygen atoms in total. The van der Waals surface area contributed by atoms with Gasteiger partial charge in [0.2, 0.25) is 0 Å². The molecule has 0 spiro atoms. The van der Waals surface area contributed by atoms with Gasteiger partial charge in [0.1, 0.15) is 17.3 Å². The largest absolute Gasteiger partial charge is 0.367 e. The average molecular weight is 350 g/mol. The van der Waals surface area contributed by atoms with E-state index in [2.05, 4.69) is 21.5 Å². The topological polar surface area (TPSA) is 41.9 Å². The molecule has 0 bridgehead atoms. The number of nitrogens with zero attached hydrogens (tertiary/aromatic N) is 4. The highest BCUT2D eigenvalue weighted by Gasteiger charge is 2.21. The Hall–Kier alpha value is -3.15. The van der Waals surface area contributed by atoms with Gasteiger partial charge in [-0.1, -0.05) is 12.6 Å². The number of halogens is 2. The molecular weight excluding hydrogens is 334 g/mol. The number of pyridine rings is 1. The van der Waals surface area contributed by atoms with Gasteiger partial charge in [0, 0.05) is 54.8 Å². The maximum atomic E-state index is 13.5. The van der Waals surface area contributed by atoms with Crippen LogP contribution in [0.25, 0.3) is 17.2 Å². The summed E-state index contributed by atoms with van der Waals surface area (Å²) in [6.07, 6.45) is 4.20. The standard InChI is InChI=1S/C20H16F2N4/c1-13(14-8-16(21)10-17(22)9-14)26-7-5-18-15(12-26)11-24-20(25-18)19-4-2-3-6-23-19/h2-4,6,8-11H,1,5,7,12H2. The van der Waals surface area contributed by atoms with Crippen molar-refractivity contribution >= 4 is 5.70 Å². The molecule has 0 atom stereocenters. The fourth-order valence-corrected chi connectivity index (χ4v) is 3.07. The van der Waals surface area contributed by atoms with Crippen LogP contribution in [0.5, 0.6) is 0 Å². The maximum absolute atomic E-state index is 13.5. The van der Waals surface area contributed by atoms with E-state index in [1.165, 1.54) is 12.1 Å². The summed E-state index contributed by atoms with van der Waals surface area (Å²) in [5.74, 6) is -0.618. The normalized spacial score (nSPS) is 13.4. The van der Waals surface area contributed by atoms with Gasteiger partial charge in [0.05, 0.1) is 5.69 Å². The van der Waals surface area contributed by atoms with Crippen LogP contribution in [0.1, 0.15) is 16.8 Å². The molecule has 1 aromatic carbocycles. The van der Waals surface area contributed by atoms with E-state index in [9.17, 15) is 8.78 Å². The summed E-state index contributed by atoms with van der Waals surface area (Å²) in [5.41, 5.74) is 3.71. The van der Waals surface area contributed by atoms with Crippen molar-refractivity contribution in [1.29, 1.82) is 0 Å². The molecule has 2 aromatic heterocycles. The molecule has 0 amide bonds. The van der Waals surface area contributed by atoms with Crippen molar-refractivity contribution in [2.75, 3.05) is 6.54 Å². The van der Waals surface area contributed by atoms with E-state index in [-0.39, 0.29) is 0 Å². The summed E-state index contributed by atoms with van der Waals surface area (Å²) in [4.78, 5) is 15.3. The molecular formula is C20H16F2N4. The minimum Gasteiger partial charge on any atom is -0.367 e. The quantitative estimate of drug-likeness (QED) is 0.720. The van der Waals surface area contributed by atoms with Gasteiger partial charge in [0.15, 0.2) is 5.82 Å². The van der Waals surface area contributed by atoms with Crippen LogP contribution >= 0.6 is 0 Å². The maximum Gasteiger partial charge on any atom is 0.178 e. The van der Waals surface area contributed by atoms with Gasteiger partial charge in [-0.25, -0.2) is 18.7 Å². The lowest BCUT2D eigenvalue weighted by Crippen LogP contribution is -2.30. The number of hydrogen-bond donors (Lipinski definition) is 0. The second kappa shape index (κ2) is 6.63. The van der Waals surface area contributed by atoms with E-state index in [1.54, 1.807) is 12.4 Å². The highest BCUT2D eigenvalue weighted by Crippen LogP contribution is 2.27. The third-order valence-electron chi connectivity index (χ3n) is 4.41. The van der Waals surface area contributed by atoms with Crippen molar-refractivity contribution in [3.05, 3.63) is 83.8 Å². The SMILES string of the molecule is C=C(c1cc(F)cc(F)c1)N1CCc2nc(-c3ccccn3)ncc2C1. The molecule has 0 N–H and O–H groups in total. The average Bonchev–Trinajstić information content (AvgIpc) is 2.66. The third-order valence-corrected chi connectivity index (χ3v) is 4.41. The van der Waals surface area contributed by atoms with Crippen LogP contribution in [-0.2, 0) is 13.0 Å². The highest BCUT2D eigenvalue weighted by atomic mass is 19.1. The molecule has 1 aliphatic heterocycles. The lowest BCUT2D eigenvalue weighted by atomic mass is 10.0. The zero-order chi connectivity index (χ0) is 18.1. The van der Waals surface area contributed by atoms with Gasteiger partial charge in [-0.05, 0) is 24.3 Å². The van der Waals surface area contributed by atoms with E-state index >= 15 is 0 Å². The smallest absolute Gasteiger partial charge is 0.178 e. The first kappa shape index (κ1) is 16.3. The monoisotopic (exact) mass is 350 g/mol. The van der Waals surface area contributed by atoms with Crippen molar-refractivity contribution in [3.63, 3.8) is 0 Å². The van der Waals surface area contributed by atoms with Crippen molar-refractivity contribution in [2.24, 2.45) is 0 Å². The Bertz CT molecular complexity index is 953.